The van der Waals surface area contributed by atoms with Crippen LogP contribution in [0.1, 0.15) is 6.92 Å². The van der Waals surface area contributed by atoms with Crippen molar-refractivity contribution in [2.45, 2.75) is 19.3 Å². The molecule has 1 aromatic carbocycles. The number of nitrogens with zero attached hydrogens (tertiary/aromatic N) is 1. The van der Waals surface area contributed by atoms with E-state index < -0.39 is 0 Å². The van der Waals surface area contributed by atoms with Crippen molar-refractivity contribution in [2.24, 2.45) is 0 Å². The summed E-state index contributed by atoms with van der Waals surface area (Å²) in [5, 5.41) is 3.35. The minimum atomic E-state index is -0.257. The molecule has 92 valence electrons. The molecule has 0 aliphatic rings. The van der Waals surface area contributed by atoms with Crippen LogP contribution in [0, 0.1) is 0 Å². The fourth-order valence-corrected chi connectivity index (χ4v) is 2.50. The maximum atomic E-state index is 5.21. The van der Waals surface area contributed by atoms with Gasteiger partial charge in [-0.15, -0.1) is 11.3 Å². The number of nitrogens with one attached hydrogen (secondary N) is 1. The average molecular weight is 252 g/mol. The second-order valence-corrected chi connectivity index (χ2v) is 4.69. The molecule has 0 radical (unpaired) electrons. The van der Waals surface area contributed by atoms with Crippen LogP contribution in [0.2, 0.25) is 0 Å². The van der Waals surface area contributed by atoms with E-state index in [9.17, 15) is 0 Å². The highest BCUT2D eigenvalue weighted by Gasteiger charge is 2.15. The van der Waals surface area contributed by atoms with E-state index in [-0.39, 0.29) is 12.3 Å². The molecule has 1 unspecified atom stereocenters. The van der Waals surface area contributed by atoms with Crippen molar-refractivity contribution >= 4 is 27.2 Å². The number of thiazole rings is 1. The molecule has 0 saturated carbocycles. The average Bonchev–Trinajstić information content (AvgIpc) is 2.77. The molecule has 5 heteroatoms. The third kappa shape index (κ3) is 2.74. The van der Waals surface area contributed by atoms with Gasteiger partial charge < -0.3 is 14.8 Å². The standard InChI is InChI=1S/C12H16N2O2S/c1-8(12(15-2)16-3)14-9-4-5-10-11(6-9)17-7-13-10/h4-8,12,14H,1-3H3. The van der Waals surface area contributed by atoms with Crippen molar-refractivity contribution in [3.05, 3.63) is 23.7 Å². The van der Waals surface area contributed by atoms with Gasteiger partial charge in [0.1, 0.15) is 0 Å². The van der Waals surface area contributed by atoms with Crippen LogP contribution in [0.25, 0.3) is 10.2 Å². The summed E-state index contributed by atoms with van der Waals surface area (Å²) in [6.45, 7) is 2.02. The Labute approximate surface area is 105 Å². The SMILES string of the molecule is COC(OC)C(C)Nc1ccc2ncsc2c1. The molecule has 2 aromatic rings. The van der Waals surface area contributed by atoms with E-state index >= 15 is 0 Å². The maximum Gasteiger partial charge on any atom is 0.176 e. The number of aromatic nitrogens is 1. The van der Waals surface area contributed by atoms with E-state index in [1.165, 1.54) is 4.70 Å². The minimum Gasteiger partial charge on any atom is -0.377 e. The Morgan fingerprint density at radius 1 is 1.29 bits per heavy atom. The summed E-state index contributed by atoms with van der Waals surface area (Å²) in [4.78, 5) is 4.25. The lowest BCUT2D eigenvalue weighted by molar-refractivity contribution is -0.109. The van der Waals surface area contributed by atoms with Crippen molar-refractivity contribution in [2.75, 3.05) is 19.5 Å². The number of hydrogen-bond acceptors (Lipinski definition) is 5. The quantitative estimate of drug-likeness (QED) is 0.831. The first-order valence-electron chi connectivity index (χ1n) is 5.40. The Morgan fingerprint density at radius 3 is 2.76 bits per heavy atom. The van der Waals surface area contributed by atoms with Gasteiger partial charge >= 0.3 is 0 Å². The zero-order valence-electron chi connectivity index (χ0n) is 10.1. The molecule has 0 amide bonds. The number of hydrogen-bond donors (Lipinski definition) is 1. The van der Waals surface area contributed by atoms with Crippen LogP contribution in [-0.4, -0.2) is 31.5 Å². The molecule has 0 fully saturated rings. The van der Waals surface area contributed by atoms with Crippen LogP contribution in [-0.2, 0) is 9.47 Å². The van der Waals surface area contributed by atoms with Crippen LogP contribution in [0.4, 0.5) is 5.69 Å². The number of methoxy groups -OCH3 is 2. The van der Waals surface area contributed by atoms with Crippen molar-refractivity contribution < 1.29 is 9.47 Å². The molecule has 0 bridgehead atoms. The summed E-state index contributed by atoms with van der Waals surface area (Å²) in [7, 11) is 3.28. The zero-order valence-corrected chi connectivity index (χ0v) is 11.0. The fraction of sp³-hybridized carbons (Fsp3) is 0.417. The van der Waals surface area contributed by atoms with Crippen molar-refractivity contribution in [1.29, 1.82) is 0 Å². The molecular formula is C12H16N2O2S. The third-order valence-electron chi connectivity index (χ3n) is 2.60. The summed E-state index contributed by atoms with van der Waals surface area (Å²) in [6.07, 6.45) is -0.257. The molecule has 1 atom stereocenters. The predicted molar refractivity (Wildman–Crippen MR) is 70.5 cm³/mol. The Morgan fingerprint density at radius 2 is 2.06 bits per heavy atom. The van der Waals surface area contributed by atoms with Gasteiger partial charge in [0, 0.05) is 19.9 Å². The maximum absolute atomic E-state index is 5.21. The smallest absolute Gasteiger partial charge is 0.176 e. The molecular weight excluding hydrogens is 236 g/mol. The van der Waals surface area contributed by atoms with Gasteiger partial charge in [0.15, 0.2) is 6.29 Å². The second-order valence-electron chi connectivity index (χ2n) is 3.81. The minimum absolute atomic E-state index is 0.0790. The molecule has 0 aliphatic heterocycles. The van der Waals surface area contributed by atoms with Gasteiger partial charge in [0.05, 0.1) is 21.8 Å². The third-order valence-corrected chi connectivity index (χ3v) is 3.39. The first-order valence-corrected chi connectivity index (χ1v) is 6.28. The monoisotopic (exact) mass is 252 g/mol. The van der Waals surface area contributed by atoms with Gasteiger partial charge in [0.25, 0.3) is 0 Å². The lowest BCUT2D eigenvalue weighted by atomic mass is 10.2. The van der Waals surface area contributed by atoms with Gasteiger partial charge in [-0.05, 0) is 25.1 Å². The summed E-state index contributed by atoms with van der Waals surface area (Å²) < 4.78 is 11.6. The van der Waals surface area contributed by atoms with E-state index in [0.717, 1.165) is 11.2 Å². The Bertz CT molecular complexity index is 482. The van der Waals surface area contributed by atoms with E-state index in [2.05, 4.69) is 16.4 Å². The molecule has 1 heterocycles. The Kier molecular flexibility index (Phi) is 3.93. The highest BCUT2D eigenvalue weighted by atomic mass is 32.1. The summed E-state index contributed by atoms with van der Waals surface area (Å²) in [5.74, 6) is 0. The highest BCUT2D eigenvalue weighted by molar-refractivity contribution is 7.16. The fourth-order valence-electron chi connectivity index (χ4n) is 1.78. The molecule has 2 rings (SSSR count). The first kappa shape index (κ1) is 12.3. The molecule has 1 aromatic heterocycles. The van der Waals surface area contributed by atoms with Gasteiger partial charge in [0.2, 0.25) is 0 Å². The number of benzene rings is 1. The number of fused-ring (bicyclic) bond motifs is 1. The van der Waals surface area contributed by atoms with Gasteiger partial charge in [-0.2, -0.15) is 0 Å². The number of anilines is 1. The van der Waals surface area contributed by atoms with Crippen LogP contribution in [0.5, 0.6) is 0 Å². The molecule has 0 saturated heterocycles. The zero-order chi connectivity index (χ0) is 12.3. The summed E-state index contributed by atoms with van der Waals surface area (Å²) in [6, 6.07) is 6.19. The summed E-state index contributed by atoms with van der Waals surface area (Å²) in [5.41, 5.74) is 3.93. The van der Waals surface area contributed by atoms with E-state index in [0.29, 0.717) is 0 Å². The highest BCUT2D eigenvalue weighted by Crippen LogP contribution is 2.22. The van der Waals surface area contributed by atoms with Crippen molar-refractivity contribution in [3.8, 4) is 0 Å². The first-order chi connectivity index (χ1) is 8.24. The molecule has 1 N–H and O–H groups in total. The number of ether oxygens (including phenoxy) is 2. The van der Waals surface area contributed by atoms with E-state index in [1.807, 2.05) is 24.6 Å². The van der Waals surface area contributed by atoms with E-state index in [4.69, 9.17) is 9.47 Å². The van der Waals surface area contributed by atoms with Gasteiger partial charge in [-0.3, -0.25) is 0 Å². The lowest BCUT2D eigenvalue weighted by Crippen LogP contribution is -2.33. The molecule has 4 nitrogen and oxygen atoms in total. The largest absolute Gasteiger partial charge is 0.377 e. The predicted octanol–water partition coefficient (Wildman–Crippen LogP) is 2.72. The lowest BCUT2D eigenvalue weighted by Gasteiger charge is -2.23. The second kappa shape index (κ2) is 5.44. The Balaban J connectivity index is 2.11. The summed E-state index contributed by atoms with van der Waals surface area (Å²) >= 11 is 1.63. The van der Waals surface area contributed by atoms with E-state index in [1.54, 1.807) is 25.6 Å². The van der Waals surface area contributed by atoms with Crippen molar-refractivity contribution in [3.63, 3.8) is 0 Å². The van der Waals surface area contributed by atoms with Crippen LogP contribution in [0.3, 0.4) is 0 Å². The topological polar surface area (TPSA) is 43.4 Å². The molecule has 17 heavy (non-hydrogen) atoms. The van der Waals surface area contributed by atoms with Gasteiger partial charge in [-0.25, -0.2) is 4.98 Å². The van der Waals surface area contributed by atoms with Gasteiger partial charge in [-0.1, -0.05) is 0 Å². The Hall–Kier alpha value is -1.17. The number of rotatable bonds is 5. The van der Waals surface area contributed by atoms with Crippen molar-refractivity contribution in [1.82, 2.24) is 4.98 Å². The van der Waals surface area contributed by atoms with Crippen LogP contribution >= 0.6 is 11.3 Å². The van der Waals surface area contributed by atoms with Crippen LogP contribution in [0.15, 0.2) is 23.7 Å². The molecule has 0 spiro atoms. The molecule has 0 aliphatic carbocycles. The van der Waals surface area contributed by atoms with Crippen LogP contribution < -0.4 is 5.32 Å². The normalized spacial score (nSPS) is 13.2.